The fraction of sp³-hybridized carbons (Fsp3) is 0.533. The molecule has 0 aromatic heterocycles. The first-order valence-corrected chi connectivity index (χ1v) is 7.72. The SMILES string of the molecule is N#CCC(NCC1CCCCS1)c1ccccc1. The molecule has 1 aliphatic heterocycles. The maximum Gasteiger partial charge on any atom is 0.0641 e. The minimum atomic E-state index is 0.179. The van der Waals surface area contributed by atoms with Crippen molar-refractivity contribution in [3.8, 4) is 6.07 Å². The van der Waals surface area contributed by atoms with E-state index in [-0.39, 0.29) is 6.04 Å². The van der Waals surface area contributed by atoms with Crippen LogP contribution in [-0.2, 0) is 0 Å². The standard InChI is InChI=1S/C15H20N2S/c16-10-9-15(13-6-2-1-3-7-13)17-12-14-8-4-5-11-18-14/h1-3,6-7,14-15,17H,4-5,8-9,11-12H2. The molecular weight excluding hydrogens is 240 g/mol. The minimum absolute atomic E-state index is 0.179. The van der Waals surface area contributed by atoms with Gasteiger partial charge in [0.1, 0.15) is 0 Å². The summed E-state index contributed by atoms with van der Waals surface area (Å²) in [5, 5.41) is 13.2. The highest BCUT2D eigenvalue weighted by molar-refractivity contribution is 7.99. The van der Waals surface area contributed by atoms with E-state index in [2.05, 4.69) is 35.3 Å². The van der Waals surface area contributed by atoms with E-state index < -0.39 is 0 Å². The summed E-state index contributed by atoms with van der Waals surface area (Å²) in [5.41, 5.74) is 1.22. The van der Waals surface area contributed by atoms with Crippen LogP contribution in [0.25, 0.3) is 0 Å². The Morgan fingerprint density at radius 2 is 2.17 bits per heavy atom. The summed E-state index contributed by atoms with van der Waals surface area (Å²) in [5.74, 6) is 1.29. The Balaban J connectivity index is 1.88. The van der Waals surface area contributed by atoms with Crippen LogP contribution >= 0.6 is 11.8 Å². The second-order valence-corrected chi connectivity index (χ2v) is 6.13. The van der Waals surface area contributed by atoms with Gasteiger partial charge in [-0.15, -0.1) is 0 Å². The first-order chi connectivity index (χ1) is 8.90. The van der Waals surface area contributed by atoms with E-state index in [9.17, 15) is 0 Å². The molecule has 1 saturated heterocycles. The van der Waals surface area contributed by atoms with Gasteiger partial charge in [0.2, 0.25) is 0 Å². The lowest BCUT2D eigenvalue weighted by molar-refractivity contribution is 0.517. The largest absolute Gasteiger partial charge is 0.308 e. The first-order valence-electron chi connectivity index (χ1n) is 6.67. The van der Waals surface area contributed by atoms with Gasteiger partial charge in [-0.2, -0.15) is 17.0 Å². The van der Waals surface area contributed by atoms with Crippen LogP contribution in [0.2, 0.25) is 0 Å². The molecule has 0 aliphatic carbocycles. The van der Waals surface area contributed by atoms with Crippen molar-refractivity contribution in [2.24, 2.45) is 0 Å². The fourth-order valence-electron chi connectivity index (χ4n) is 2.33. The van der Waals surface area contributed by atoms with Crippen LogP contribution in [0, 0.1) is 11.3 Å². The number of nitriles is 1. The second-order valence-electron chi connectivity index (χ2n) is 4.72. The number of rotatable bonds is 5. The van der Waals surface area contributed by atoms with Gasteiger partial charge in [0.25, 0.3) is 0 Å². The molecule has 3 heteroatoms. The highest BCUT2D eigenvalue weighted by atomic mass is 32.2. The molecule has 2 atom stereocenters. The average Bonchev–Trinajstić information content (AvgIpc) is 2.45. The van der Waals surface area contributed by atoms with Crippen molar-refractivity contribution in [2.45, 2.75) is 37.0 Å². The van der Waals surface area contributed by atoms with Crippen LogP contribution in [0.5, 0.6) is 0 Å². The van der Waals surface area contributed by atoms with E-state index in [1.54, 1.807) is 0 Å². The Labute approximate surface area is 114 Å². The summed E-state index contributed by atoms with van der Waals surface area (Å²) in [7, 11) is 0. The molecule has 2 nitrogen and oxygen atoms in total. The fourth-order valence-corrected chi connectivity index (χ4v) is 3.58. The van der Waals surface area contributed by atoms with Gasteiger partial charge >= 0.3 is 0 Å². The smallest absolute Gasteiger partial charge is 0.0641 e. The van der Waals surface area contributed by atoms with Crippen LogP contribution in [0.1, 0.15) is 37.3 Å². The molecule has 2 rings (SSSR count). The van der Waals surface area contributed by atoms with E-state index in [0.29, 0.717) is 6.42 Å². The zero-order chi connectivity index (χ0) is 12.6. The summed E-state index contributed by atoms with van der Waals surface area (Å²) in [4.78, 5) is 0. The average molecular weight is 260 g/mol. The van der Waals surface area contributed by atoms with Crippen molar-refractivity contribution in [2.75, 3.05) is 12.3 Å². The van der Waals surface area contributed by atoms with Gasteiger partial charge in [-0.05, 0) is 24.2 Å². The molecule has 1 aromatic rings. The van der Waals surface area contributed by atoms with Gasteiger partial charge < -0.3 is 5.32 Å². The summed E-state index contributed by atoms with van der Waals surface area (Å²) < 4.78 is 0. The zero-order valence-electron chi connectivity index (χ0n) is 10.6. The Morgan fingerprint density at radius 3 is 2.83 bits per heavy atom. The quantitative estimate of drug-likeness (QED) is 0.880. The van der Waals surface area contributed by atoms with Crippen LogP contribution in [0.3, 0.4) is 0 Å². The third-order valence-electron chi connectivity index (χ3n) is 3.36. The Hall–Kier alpha value is -0.980. The summed E-state index contributed by atoms with van der Waals surface area (Å²) in [6, 6.07) is 12.8. The molecule has 0 amide bonds. The van der Waals surface area contributed by atoms with Crippen molar-refractivity contribution in [1.29, 1.82) is 5.26 Å². The normalized spacial score (nSPS) is 21.2. The van der Waals surface area contributed by atoms with Crippen LogP contribution in [0.15, 0.2) is 30.3 Å². The van der Waals surface area contributed by atoms with Crippen molar-refractivity contribution in [3.63, 3.8) is 0 Å². The van der Waals surface area contributed by atoms with Gasteiger partial charge in [-0.25, -0.2) is 0 Å². The molecule has 0 spiro atoms. The molecule has 0 saturated carbocycles. The van der Waals surface area contributed by atoms with E-state index in [0.717, 1.165) is 11.8 Å². The highest BCUT2D eigenvalue weighted by Crippen LogP contribution is 2.25. The highest BCUT2D eigenvalue weighted by Gasteiger charge is 2.16. The first kappa shape index (κ1) is 13.5. The number of hydrogen-bond donors (Lipinski definition) is 1. The van der Waals surface area contributed by atoms with Crippen molar-refractivity contribution >= 4 is 11.8 Å². The predicted molar refractivity (Wildman–Crippen MR) is 77.5 cm³/mol. The number of nitrogens with zero attached hydrogens (tertiary/aromatic N) is 1. The number of thioether (sulfide) groups is 1. The molecule has 0 bridgehead atoms. The third kappa shape index (κ3) is 4.04. The minimum Gasteiger partial charge on any atom is -0.308 e. The van der Waals surface area contributed by atoms with Gasteiger partial charge in [0.15, 0.2) is 0 Å². The van der Waals surface area contributed by atoms with Gasteiger partial charge in [-0.1, -0.05) is 36.8 Å². The lowest BCUT2D eigenvalue weighted by Gasteiger charge is -2.24. The van der Waals surface area contributed by atoms with E-state index in [4.69, 9.17) is 5.26 Å². The maximum absolute atomic E-state index is 8.94. The summed E-state index contributed by atoms with van der Waals surface area (Å²) >= 11 is 2.07. The molecule has 1 heterocycles. The lowest BCUT2D eigenvalue weighted by atomic mass is 10.0. The molecule has 1 aliphatic rings. The zero-order valence-corrected chi connectivity index (χ0v) is 11.5. The summed E-state index contributed by atoms with van der Waals surface area (Å²) in [6.07, 6.45) is 4.57. The lowest BCUT2D eigenvalue weighted by Crippen LogP contribution is -2.30. The number of nitrogens with one attached hydrogen (secondary N) is 1. The van der Waals surface area contributed by atoms with Crippen LogP contribution in [0.4, 0.5) is 0 Å². The van der Waals surface area contributed by atoms with Gasteiger partial charge in [-0.3, -0.25) is 0 Å². The van der Waals surface area contributed by atoms with Crippen molar-refractivity contribution < 1.29 is 0 Å². The van der Waals surface area contributed by atoms with Gasteiger partial charge in [0, 0.05) is 17.8 Å². The molecule has 2 unspecified atom stereocenters. The van der Waals surface area contributed by atoms with E-state index >= 15 is 0 Å². The third-order valence-corrected chi connectivity index (χ3v) is 4.76. The molecule has 18 heavy (non-hydrogen) atoms. The monoisotopic (exact) mass is 260 g/mol. The van der Waals surface area contributed by atoms with Crippen LogP contribution in [-0.4, -0.2) is 17.5 Å². The molecule has 96 valence electrons. The molecule has 1 aromatic carbocycles. The topological polar surface area (TPSA) is 35.8 Å². The number of hydrogen-bond acceptors (Lipinski definition) is 3. The maximum atomic E-state index is 8.94. The van der Waals surface area contributed by atoms with Crippen LogP contribution < -0.4 is 5.32 Å². The van der Waals surface area contributed by atoms with Crippen molar-refractivity contribution in [3.05, 3.63) is 35.9 Å². The van der Waals surface area contributed by atoms with E-state index in [1.807, 2.05) is 18.2 Å². The molecule has 1 fully saturated rings. The Morgan fingerprint density at radius 1 is 1.33 bits per heavy atom. The van der Waals surface area contributed by atoms with Crippen molar-refractivity contribution in [1.82, 2.24) is 5.32 Å². The van der Waals surface area contributed by atoms with E-state index in [1.165, 1.54) is 30.6 Å². The number of benzene rings is 1. The summed E-state index contributed by atoms with van der Waals surface area (Å²) in [6.45, 7) is 1.02. The molecular formula is C15H20N2S. The molecule has 0 radical (unpaired) electrons. The second kappa shape index (κ2) is 7.45. The molecule has 1 N–H and O–H groups in total. The predicted octanol–water partition coefficient (Wildman–Crippen LogP) is 3.52. The van der Waals surface area contributed by atoms with Gasteiger partial charge in [0.05, 0.1) is 12.5 Å². The Kier molecular flexibility index (Phi) is 5.57. The Bertz CT molecular complexity index is 379.